The molecule has 17 heavy (non-hydrogen) atoms. The lowest BCUT2D eigenvalue weighted by atomic mass is 10.0. The summed E-state index contributed by atoms with van der Waals surface area (Å²) in [5.74, 6) is -0.0186. The Labute approximate surface area is 96.9 Å². The van der Waals surface area contributed by atoms with Gasteiger partial charge in [0.25, 0.3) is 0 Å². The van der Waals surface area contributed by atoms with Gasteiger partial charge in [-0.25, -0.2) is 0 Å². The van der Waals surface area contributed by atoms with Crippen molar-refractivity contribution in [2.45, 2.75) is 25.2 Å². The molecule has 0 fully saturated rings. The number of ether oxygens (including phenoxy) is 2. The van der Waals surface area contributed by atoms with Crippen molar-refractivity contribution in [1.29, 1.82) is 0 Å². The van der Waals surface area contributed by atoms with E-state index in [4.69, 9.17) is 10.8 Å². The summed E-state index contributed by atoms with van der Waals surface area (Å²) in [5.41, 5.74) is 6.32. The molecule has 1 aromatic rings. The van der Waals surface area contributed by atoms with Gasteiger partial charge in [0.1, 0.15) is 0 Å². The van der Waals surface area contributed by atoms with Crippen molar-refractivity contribution >= 4 is 0 Å². The molecular formula is C11H13F2NO3. The summed E-state index contributed by atoms with van der Waals surface area (Å²) < 4.78 is 34.6. The maximum Gasteiger partial charge on any atom is 0.586 e. The van der Waals surface area contributed by atoms with Gasteiger partial charge < -0.3 is 20.3 Å². The molecular weight excluding hydrogens is 232 g/mol. The third kappa shape index (κ3) is 2.48. The molecule has 1 aliphatic heterocycles. The van der Waals surface area contributed by atoms with Crippen molar-refractivity contribution in [3.8, 4) is 11.5 Å². The third-order valence-electron chi connectivity index (χ3n) is 2.53. The minimum Gasteiger partial charge on any atom is -0.396 e. The van der Waals surface area contributed by atoms with Gasteiger partial charge in [0.15, 0.2) is 11.5 Å². The Bertz CT molecular complexity index is 412. The van der Waals surface area contributed by atoms with Crippen LogP contribution < -0.4 is 15.2 Å². The number of halogens is 2. The zero-order chi connectivity index (χ0) is 12.5. The number of rotatable bonds is 4. The highest BCUT2D eigenvalue weighted by Crippen LogP contribution is 2.45. The van der Waals surface area contributed by atoms with Gasteiger partial charge >= 0.3 is 6.29 Å². The van der Waals surface area contributed by atoms with Crippen LogP contribution in [-0.2, 0) is 0 Å². The van der Waals surface area contributed by atoms with Gasteiger partial charge in [0.05, 0.1) is 0 Å². The van der Waals surface area contributed by atoms with E-state index in [1.165, 1.54) is 6.07 Å². The van der Waals surface area contributed by atoms with E-state index in [0.717, 1.165) is 0 Å². The summed E-state index contributed by atoms with van der Waals surface area (Å²) in [6, 6.07) is 4.14. The highest BCUT2D eigenvalue weighted by molar-refractivity contribution is 5.50. The van der Waals surface area contributed by atoms with Gasteiger partial charge in [-0.2, -0.15) is 0 Å². The fraction of sp³-hybridized carbons (Fsp3) is 0.455. The minimum atomic E-state index is -3.63. The molecule has 1 aliphatic rings. The average molecular weight is 245 g/mol. The maximum absolute atomic E-state index is 12.9. The Morgan fingerprint density at radius 3 is 2.82 bits per heavy atom. The van der Waals surface area contributed by atoms with Crippen LogP contribution in [0.3, 0.4) is 0 Å². The summed E-state index contributed by atoms with van der Waals surface area (Å²) in [6.45, 7) is 0.0102. The average Bonchev–Trinajstić information content (AvgIpc) is 2.59. The molecule has 6 heteroatoms. The predicted octanol–water partition coefficient (Wildman–Crippen LogP) is 1.78. The fourth-order valence-electron chi connectivity index (χ4n) is 1.75. The predicted molar refractivity (Wildman–Crippen MR) is 55.9 cm³/mol. The van der Waals surface area contributed by atoms with E-state index in [1.807, 2.05) is 0 Å². The number of benzene rings is 1. The van der Waals surface area contributed by atoms with Crippen LogP contribution in [0.15, 0.2) is 18.2 Å². The molecule has 0 aromatic heterocycles. The Morgan fingerprint density at radius 1 is 1.35 bits per heavy atom. The molecule has 0 amide bonds. The molecule has 4 nitrogen and oxygen atoms in total. The number of para-hydroxylation sites is 1. The molecule has 0 bridgehead atoms. The molecule has 0 aliphatic carbocycles. The standard InChI is InChI=1S/C11H13F2NO3/c12-11(13)16-9-5-1-3-7(10(9)17-11)8(14)4-2-6-15/h1,3,5,8,15H,2,4,6,14H2/t8-/m1/s1. The molecule has 1 atom stereocenters. The second-order valence-corrected chi connectivity index (χ2v) is 3.81. The van der Waals surface area contributed by atoms with Gasteiger partial charge in [-0.05, 0) is 18.9 Å². The van der Waals surface area contributed by atoms with E-state index >= 15 is 0 Å². The van der Waals surface area contributed by atoms with Crippen LogP contribution in [-0.4, -0.2) is 18.0 Å². The number of fused-ring (bicyclic) bond motifs is 1. The van der Waals surface area contributed by atoms with Crippen LogP contribution in [0.2, 0.25) is 0 Å². The van der Waals surface area contributed by atoms with Crippen molar-refractivity contribution < 1.29 is 23.4 Å². The molecule has 0 spiro atoms. The molecule has 0 unspecified atom stereocenters. The topological polar surface area (TPSA) is 64.7 Å². The van der Waals surface area contributed by atoms with Crippen molar-refractivity contribution in [2.75, 3.05) is 6.61 Å². The van der Waals surface area contributed by atoms with E-state index < -0.39 is 12.3 Å². The number of hydrogen-bond donors (Lipinski definition) is 2. The lowest BCUT2D eigenvalue weighted by Crippen LogP contribution is -2.26. The second-order valence-electron chi connectivity index (χ2n) is 3.81. The lowest BCUT2D eigenvalue weighted by Gasteiger charge is -2.13. The summed E-state index contributed by atoms with van der Waals surface area (Å²) >= 11 is 0. The Morgan fingerprint density at radius 2 is 2.12 bits per heavy atom. The summed E-state index contributed by atoms with van der Waals surface area (Å²) in [5, 5.41) is 8.71. The molecule has 1 aromatic carbocycles. The molecule has 1 heterocycles. The first-order valence-electron chi connectivity index (χ1n) is 5.28. The van der Waals surface area contributed by atoms with Crippen LogP contribution in [0.25, 0.3) is 0 Å². The summed E-state index contributed by atoms with van der Waals surface area (Å²) in [6.07, 6.45) is -2.64. The van der Waals surface area contributed by atoms with E-state index in [1.54, 1.807) is 12.1 Å². The SMILES string of the molecule is N[C@H](CCCO)c1cccc2c1OC(F)(F)O2. The van der Waals surface area contributed by atoms with Crippen molar-refractivity contribution in [3.63, 3.8) is 0 Å². The molecule has 2 rings (SSSR count). The highest BCUT2D eigenvalue weighted by Gasteiger charge is 2.44. The number of aliphatic hydroxyl groups excluding tert-OH is 1. The van der Waals surface area contributed by atoms with Gasteiger partial charge in [-0.3, -0.25) is 0 Å². The molecule has 0 radical (unpaired) electrons. The molecule has 94 valence electrons. The number of aliphatic hydroxyl groups is 1. The van der Waals surface area contributed by atoms with E-state index in [-0.39, 0.29) is 18.1 Å². The minimum absolute atomic E-state index is 0.00746. The number of alkyl halides is 2. The zero-order valence-corrected chi connectivity index (χ0v) is 9.03. The lowest BCUT2D eigenvalue weighted by molar-refractivity contribution is -0.287. The number of hydrogen-bond acceptors (Lipinski definition) is 4. The van der Waals surface area contributed by atoms with Gasteiger partial charge in [-0.15, -0.1) is 8.78 Å². The first-order valence-corrected chi connectivity index (χ1v) is 5.28. The molecule has 0 saturated carbocycles. The zero-order valence-electron chi connectivity index (χ0n) is 9.03. The van der Waals surface area contributed by atoms with Gasteiger partial charge in [0.2, 0.25) is 0 Å². The maximum atomic E-state index is 12.9. The third-order valence-corrected chi connectivity index (χ3v) is 2.53. The van der Waals surface area contributed by atoms with E-state index in [9.17, 15) is 8.78 Å². The highest BCUT2D eigenvalue weighted by atomic mass is 19.3. The number of nitrogens with two attached hydrogens (primary N) is 1. The normalized spacial score (nSPS) is 18.1. The Balaban J connectivity index is 2.23. The van der Waals surface area contributed by atoms with Crippen molar-refractivity contribution in [2.24, 2.45) is 5.73 Å². The van der Waals surface area contributed by atoms with E-state index in [0.29, 0.717) is 18.4 Å². The molecule has 0 saturated heterocycles. The summed E-state index contributed by atoms with van der Waals surface area (Å²) in [4.78, 5) is 0. The Hall–Kier alpha value is -1.40. The smallest absolute Gasteiger partial charge is 0.396 e. The van der Waals surface area contributed by atoms with Crippen LogP contribution in [0.5, 0.6) is 11.5 Å². The first kappa shape index (κ1) is 12.1. The Kier molecular flexibility index (Phi) is 3.17. The van der Waals surface area contributed by atoms with Gasteiger partial charge in [0, 0.05) is 18.2 Å². The summed E-state index contributed by atoms with van der Waals surface area (Å²) in [7, 11) is 0. The van der Waals surface area contributed by atoms with Crippen molar-refractivity contribution in [3.05, 3.63) is 23.8 Å². The fourth-order valence-corrected chi connectivity index (χ4v) is 1.75. The van der Waals surface area contributed by atoms with Crippen LogP contribution in [0.1, 0.15) is 24.4 Å². The second kappa shape index (κ2) is 4.46. The largest absolute Gasteiger partial charge is 0.586 e. The van der Waals surface area contributed by atoms with Crippen molar-refractivity contribution in [1.82, 2.24) is 0 Å². The van der Waals surface area contributed by atoms with E-state index in [2.05, 4.69) is 9.47 Å². The quantitative estimate of drug-likeness (QED) is 0.848. The van der Waals surface area contributed by atoms with Crippen LogP contribution in [0.4, 0.5) is 8.78 Å². The van der Waals surface area contributed by atoms with Crippen LogP contribution >= 0.6 is 0 Å². The molecule has 3 N–H and O–H groups in total. The first-order chi connectivity index (χ1) is 8.03. The van der Waals surface area contributed by atoms with Gasteiger partial charge in [-0.1, -0.05) is 12.1 Å². The van der Waals surface area contributed by atoms with Crippen LogP contribution in [0, 0.1) is 0 Å². The monoisotopic (exact) mass is 245 g/mol.